The van der Waals surface area contributed by atoms with Crippen LogP contribution in [0.1, 0.15) is 5.56 Å². The van der Waals surface area contributed by atoms with Crippen molar-refractivity contribution in [1.29, 1.82) is 0 Å². The largest absolute Gasteiger partial charge is 0.389 e. The highest BCUT2D eigenvalue weighted by Gasteiger charge is 2.20. The van der Waals surface area contributed by atoms with Gasteiger partial charge in [-0.2, -0.15) is 5.06 Å². The molecule has 4 nitrogen and oxygen atoms in total. The van der Waals surface area contributed by atoms with Crippen molar-refractivity contribution in [2.24, 2.45) is 0 Å². The van der Waals surface area contributed by atoms with Gasteiger partial charge in [0, 0.05) is 18.9 Å². The second-order valence-electron chi connectivity index (χ2n) is 3.44. The normalized spacial score (nSPS) is 22.8. The summed E-state index contributed by atoms with van der Waals surface area (Å²) in [6.07, 6.45) is 4.17. The first kappa shape index (κ1) is 9.58. The number of hydrogen-bond donors (Lipinski definition) is 1. The Morgan fingerprint density at radius 2 is 2.29 bits per heavy atom. The number of hydroxylamine groups is 2. The third kappa shape index (κ3) is 2.51. The Morgan fingerprint density at radius 3 is 2.93 bits per heavy atom. The average Bonchev–Trinajstić information content (AvgIpc) is 2.63. The highest BCUT2D eigenvalue weighted by atomic mass is 16.7. The summed E-state index contributed by atoms with van der Waals surface area (Å²) in [6, 6.07) is 3.99. The van der Waals surface area contributed by atoms with Crippen LogP contribution in [0.4, 0.5) is 0 Å². The quantitative estimate of drug-likeness (QED) is 0.748. The smallest absolute Gasteiger partial charge is 0.0958 e. The molecule has 1 aliphatic heterocycles. The van der Waals surface area contributed by atoms with E-state index in [1.807, 2.05) is 17.2 Å². The Kier molecular flexibility index (Phi) is 3.08. The Balaban J connectivity index is 1.78. The van der Waals surface area contributed by atoms with Crippen molar-refractivity contribution in [3.05, 3.63) is 30.1 Å². The number of hydrogen-bond acceptors (Lipinski definition) is 4. The van der Waals surface area contributed by atoms with Crippen LogP contribution in [-0.2, 0) is 11.3 Å². The van der Waals surface area contributed by atoms with E-state index in [-0.39, 0.29) is 6.10 Å². The number of nitrogens with zero attached hydrogens (tertiary/aromatic N) is 2. The summed E-state index contributed by atoms with van der Waals surface area (Å²) in [5.41, 5.74) is 1.24. The highest BCUT2D eigenvalue weighted by molar-refractivity contribution is 5.09. The Hall–Kier alpha value is -0.970. The van der Waals surface area contributed by atoms with Crippen molar-refractivity contribution < 1.29 is 9.94 Å². The molecule has 0 aromatic carbocycles. The number of aromatic nitrogens is 1. The van der Waals surface area contributed by atoms with Crippen LogP contribution in [0.3, 0.4) is 0 Å². The first-order chi connectivity index (χ1) is 6.84. The molecule has 1 N–H and O–H groups in total. The molecule has 2 rings (SSSR count). The van der Waals surface area contributed by atoms with E-state index in [0.29, 0.717) is 13.2 Å². The molecule has 1 fully saturated rings. The van der Waals surface area contributed by atoms with E-state index in [4.69, 9.17) is 4.84 Å². The summed E-state index contributed by atoms with van der Waals surface area (Å²) >= 11 is 0. The number of aliphatic hydroxyl groups is 1. The zero-order valence-corrected chi connectivity index (χ0v) is 7.97. The molecule has 4 heteroatoms. The van der Waals surface area contributed by atoms with E-state index in [2.05, 4.69) is 4.98 Å². The topological polar surface area (TPSA) is 45.6 Å². The van der Waals surface area contributed by atoms with E-state index in [0.717, 1.165) is 13.0 Å². The van der Waals surface area contributed by atoms with Crippen molar-refractivity contribution in [1.82, 2.24) is 10.0 Å². The minimum Gasteiger partial charge on any atom is -0.389 e. The van der Waals surface area contributed by atoms with Crippen molar-refractivity contribution >= 4 is 0 Å². The maximum atomic E-state index is 9.22. The molecule has 0 saturated carbocycles. The molecule has 76 valence electrons. The van der Waals surface area contributed by atoms with Gasteiger partial charge in [0.25, 0.3) is 0 Å². The Labute approximate surface area is 83.1 Å². The molecule has 0 unspecified atom stereocenters. The lowest BCUT2D eigenvalue weighted by molar-refractivity contribution is -0.109. The van der Waals surface area contributed by atoms with Crippen molar-refractivity contribution in [2.75, 3.05) is 19.7 Å². The summed E-state index contributed by atoms with van der Waals surface area (Å²) in [5.74, 6) is 0. The van der Waals surface area contributed by atoms with E-state index in [9.17, 15) is 5.11 Å². The third-order valence-electron chi connectivity index (χ3n) is 2.26. The van der Waals surface area contributed by atoms with Gasteiger partial charge in [-0.1, -0.05) is 0 Å². The Morgan fingerprint density at radius 1 is 1.50 bits per heavy atom. The summed E-state index contributed by atoms with van der Waals surface area (Å²) in [4.78, 5) is 9.21. The molecule has 1 saturated heterocycles. The van der Waals surface area contributed by atoms with Crippen LogP contribution in [-0.4, -0.2) is 41.0 Å². The zero-order valence-electron chi connectivity index (χ0n) is 7.97. The van der Waals surface area contributed by atoms with Gasteiger partial charge in [0.15, 0.2) is 0 Å². The van der Waals surface area contributed by atoms with Crippen LogP contribution < -0.4 is 0 Å². The fraction of sp³-hybridized carbons (Fsp3) is 0.500. The van der Waals surface area contributed by atoms with Crippen LogP contribution in [0.25, 0.3) is 0 Å². The zero-order chi connectivity index (χ0) is 9.80. The van der Waals surface area contributed by atoms with Gasteiger partial charge in [0.2, 0.25) is 0 Å². The van der Waals surface area contributed by atoms with Crippen molar-refractivity contribution in [3.63, 3.8) is 0 Å². The SMILES string of the molecule is O[C@H]1CON(CCc2ccncc2)C1. The number of pyridine rings is 1. The summed E-state index contributed by atoms with van der Waals surface area (Å²) in [7, 11) is 0. The van der Waals surface area contributed by atoms with Gasteiger partial charge in [-0.25, -0.2) is 0 Å². The molecule has 0 bridgehead atoms. The molecule has 0 radical (unpaired) electrons. The maximum absolute atomic E-state index is 9.22. The molecule has 1 atom stereocenters. The average molecular weight is 194 g/mol. The van der Waals surface area contributed by atoms with E-state index in [1.165, 1.54) is 5.56 Å². The van der Waals surface area contributed by atoms with Gasteiger partial charge < -0.3 is 5.11 Å². The maximum Gasteiger partial charge on any atom is 0.0958 e. The summed E-state index contributed by atoms with van der Waals surface area (Å²) in [5, 5.41) is 11.0. The molecular weight excluding hydrogens is 180 g/mol. The van der Waals surface area contributed by atoms with Crippen LogP contribution in [0.15, 0.2) is 24.5 Å². The first-order valence-corrected chi connectivity index (χ1v) is 4.79. The molecule has 0 amide bonds. The third-order valence-corrected chi connectivity index (χ3v) is 2.26. The molecule has 14 heavy (non-hydrogen) atoms. The molecule has 1 aromatic rings. The van der Waals surface area contributed by atoms with Gasteiger partial charge in [-0.15, -0.1) is 0 Å². The predicted octanol–water partition coefficient (Wildman–Crippen LogP) is 0.232. The molecular formula is C10H14N2O2. The van der Waals surface area contributed by atoms with Gasteiger partial charge in [-0.3, -0.25) is 9.82 Å². The highest BCUT2D eigenvalue weighted by Crippen LogP contribution is 2.07. The minimum absolute atomic E-state index is 0.326. The lowest BCUT2D eigenvalue weighted by Crippen LogP contribution is -2.23. The molecule has 1 aliphatic rings. The number of aliphatic hydroxyl groups excluding tert-OH is 1. The van der Waals surface area contributed by atoms with Crippen molar-refractivity contribution in [2.45, 2.75) is 12.5 Å². The van der Waals surface area contributed by atoms with E-state index in [1.54, 1.807) is 12.4 Å². The lowest BCUT2D eigenvalue weighted by Gasteiger charge is -2.12. The van der Waals surface area contributed by atoms with Crippen LogP contribution in [0.2, 0.25) is 0 Å². The van der Waals surface area contributed by atoms with Crippen LogP contribution >= 0.6 is 0 Å². The van der Waals surface area contributed by atoms with Gasteiger partial charge in [0.05, 0.1) is 19.3 Å². The van der Waals surface area contributed by atoms with Crippen molar-refractivity contribution in [3.8, 4) is 0 Å². The monoisotopic (exact) mass is 194 g/mol. The lowest BCUT2D eigenvalue weighted by atomic mass is 10.2. The van der Waals surface area contributed by atoms with Gasteiger partial charge >= 0.3 is 0 Å². The second-order valence-corrected chi connectivity index (χ2v) is 3.44. The van der Waals surface area contributed by atoms with Crippen LogP contribution in [0, 0.1) is 0 Å². The fourth-order valence-electron chi connectivity index (χ4n) is 1.49. The molecule has 2 heterocycles. The number of β-amino-alcohol motifs (C(OH)–C–C–N with tert-alkyl or cyclic N) is 1. The fourth-order valence-corrected chi connectivity index (χ4v) is 1.49. The molecule has 0 spiro atoms. The van der Waals surface area contributed by atoms with Crippen LogP contribution in [0.5, 0.6) is 0 Å². The predicted molar refractivity (Wildman–Crippen MR) is 51.5 cm³/mol. The van der Waals surface area contributed by atoms with Gasteiger partial charge in [0.1, 0.15) is 0 Å². The molecule has 1 aromatic heterocycles. The second kappa shape index (κ2) is 4.50. The van der Waals surface area contributed by atoms with E-state index < -0.39 is 0 Å². The summed E-state index contributed by atoms with van der Waals surface area (Å²) in [6.45, 7) is 1.86. The minimum atomic E-state index is -0.326. The number of rotatable bonds is 3. The summed E-state index contributed by atoms with van der Waals surface area (Å²) < 4.78 is 0. The standard InChI is InChI=1S/C10H14N2O2/c13-10-7-12(14-8-10)6-3-9-1-4-11-5-2-9/h1-2,4-5,10,13H,3,6-8H2/t10-/m1/s1. The van der Waals surface area contributed by atoms with Gasteiger partial charge in [-0.05, 0) is 24.1 Å². The first-order valence-electron chi connectivity index (χ1n) is 4.79. The molecule has 0 aliphatic carbocycles. The van der Waals surface area contributed by atoms with E-state index >= 15 is 0 Å². The Bertz CT molecular complexity index is 279.